The number of fused-ring (bicyclic) bond motifs is 1. The number of aryl methyl sites for hydroxylation is 1. The van der Waals surface area contributed by atoms with Gasteiger partial charge in [0.15, 0.2) is 11.9 Å². The fraction of sp³-hybridized carbons (Fsp3) is 0.231. The summed E-state index contributed by atoms with van der Waals surface area (Å²) in [6, 6.07) is 1.24. The third-order valence-electron chi connectivity index (χ3n) is 3.08. The second-order valence-corrected chi connectivity index (χ2v) is 5.48. The van der Waals surface area contributed by atoms with Crippen molar-refractivity contribution in [2.24, 2.45) is 7.05 Å². The van der Waals surface area contributed by atoms with Crippen LogP contribution in [0.2, 0.25) is 0 Å². The average Bonchev–Trinajstić information content (AvgIpc) is 2.91. The maximum Gasteiger partial charge on any atom is 0.191 e. The number of rotatable bonds is 3. The third kappa shape index (κ3) is 2.47. The van der Waals surface area contributed by atoms with Crippen molar-refractivity contribution in [3.63, 3.8) is 0 Å². The Balaban J connectivity index is 2.09. The van der Waals surface area contributed by atoms with E-state index in [1.165, 1.54) is 12.4 Å². The lowest BCUT2D eigenvalue weighted by Crippen LogP contribution is -2.08. The van der Waals surface area contributed by atoms with Gasteiger partial charge in [-0.15, -0.1) is 0 Å². The fourth-order valence-electron chi connectivity index (χ4n) is 2.05. The molecule has 0 unspecified atom stereocenters. The lowest BCUT2D eigenvalue weighted by atomic mass is 10.2. The number of benzene rings is 1. The van der Waals surface area contributed by atoms with E-state index < -0.39 is 11.9 Å². The Bertz CT molecular complexity index is 852. The SMILES string of the molecule is C[C@H](Oc1cc(F)c(Br)c2ncnc(N)c12)c1ncn(C)n1. The largest absolute Gasteiger partial charge is 0.482 e. The van der Waals surface area contributed by atoms with Gasteiger partial charge in [-0.2, -0.15) is 5.10 Å². The van der Waals surface area contributed by atoms with Crippen LogP contribution in [0.1, 0.15) is 18.9 Å². The summed E-state index contributed by atoms with van der Waals surface area (Å²) < 4.78 is 21.6. The molecule has 0 saturated heterocycles. The molecule has 0 bridgehead atoms. The Morgan fingerprint density at radius 2 is 2.14 bits per heavy atom. The highest BCUT2D eigenvalue weighted by Crippen LogP contribution is 2.36. The predicted octanol–water partition coefficient (Wildman–Crippen LogP) is 2.38. The molecule has 2 heterocycles. The van der Waals surface area contributed by atoms with Crippen LogP contribution in [0.5, 0.6) is 5.75 Å². The highest BCUT2D eigenvalue weighted by molar-refractivity contribution is 9.10. The van der Waals surface area contributed by atoms with Gasteiger partial charge in [0.1, 0.15) is 30.0 Å². The molecule has 3 aromatic rings. The van der Waals surface area contributed by atoms with Crippen molar-refractivity contribution in [1.29, 1.82) is 0 Å². The molecule has 3 rings (SSSR count). The first-order chi connectivity index (χ1) is 10.5. The molecule has 22 heavy (non-hydrogen) atoms. The predicted molar refractivity (Wildman–Crippen MR) is 81.7 cm³/mol. The van der Waals surface area contributed by atoms with E-state index in [-0.39, 0.29) is 16.0 Å². The summed E-state index contributed by atoms with van der Waals surface area (Å²) in [5, 5.41) is 4.61. The molecule has 114 valence electrons. The fourth-order valence-corrected chi connectivity index (χ4v) is 2.47. The van der Waals surface area contributed by atoms with Crippen LogP contribution in [0, 0.1) is 5.82 Å². The highest BCUT2D eigenvalue weighted by Gasteiger charge is 2.19. The minimum atomic E-state index is -0.498. The second kappa shape index (κ2) is 5.48. The maximum absolute atomic E-state index is 14.0. The van der Waals surface area contributed by atoms with E-state index in [1.54, 1.807) is 25.0 Å². The van der Waals surface area contributed by atoms with Crippen LogP contribution in [0.3, 0.4) is 0 Å². The zero-order chi connectivity index (χ0) is 15.9. The number of anilines is 1. The lowest BCUT2D eigenvalue weighted by molar-refractivity contribution is 0.218. The number of halogens is 2. The van der Waals surface area contributed by atoms with Gasteiger partial charge in [-0.3, -0.25) is 4.68 Å². The molecule has 0 spiro atoms. The molecule has 9 heteroatoms. The molecule has 0 radical (unpaired) electrons. The van der Waals surface area contributed by atoms with Crippen molar-refractivity contribution in [1.82, 2.24) is 24.7 Å². The first-order valence-electron chi connectivity index (χ1n) is 6.37. The molecule has 0 aliphatic heterocycles. The molecule has 7 nitrogen and oxygen atoms in total. The Labute approximate surface area is 133 Å². The molecule has 0 aliphatic rings. The van der Waals surface area contributed by atoms with Crippen LogP contribution in [0.15, 0.2) is 23.2 Å². The summed E-state index contributed by atoms with van der Waals surface area (Å²) in [4.78, 5) is 12.1. The van der Waals surface area contributed by atoms with E-state index >= 15 is 0 Å². The van der Waals surface area contributed by atoms with Crippen molar-refractivity contribution in [3.05, 3.63) is 34.8 Å². The Morgan fingerprint density at radius 1 is 1.36 bits per heavy atom. The van der Waals surface area contributed by atoms with E-state index in [4.69, 9.17) is 10.5 Å². The standard InChI is InChI=1S/C13H12BrFN6O/c1-6(13-19-5-21(2)20-13)22-8-3-7(15)10(14)11-9(8)12(16)18-4-17-11/h3-6H,1-2H3,(H2,16,17,18)/t6-/m0/s1. The van der Waals surface area contributed by atoms with Crippen molar-refractivity contribution in [2.75, 3.05) is 5.73 Å². The van der Waals surface area contributed by atoms with Crippen LogP contribution in [-0.4, -0.2) is 24.7 Å². The minimum absolute atomic E-state index is 0.210. The van der Waals surface area contributed by atoms with E-state index in [0.717, 1.165) is 0 Å². The van der Waals surface area contributed by atoms with Gasteiger partial charge in [0.25, 0.3) is 0 Å². The molecule has 2 aromatic heterocycles. The van der Waals surface area contributed by atoms with Crippen molar-refractivity contribution >= 4 is 32.7 Å². The summed E-state index contributed by atoms with van der Waals surface area (Å²) in [7, 11) is 1.75. The number of nitrogens with zero attached hydrogens (tertiary/aromatic N) is 5. The van der Waals surface area contributed by atoms with E-state index in [0.29, 0.717) is 16.7 Å². The number of ether oxygens (including phenoxy) is 1. The van der Waals surface area contributed by atoms with Crippen LogP contribution < -0.4 is 10.5 Å². The third-order valence-corrected chi connectivity index (χ3v) is 3.84. The maximum atomic E-state index is 14.0. The molecule has 1 aromatic carbocycles. The molecule has 0 saturated carbocycles. The summed E-state index contributed by atoms with van der Waals surface area (Å²) >= 11 is 3.16. The summed E-state index contributed by atoms with van der Waals surface area (Å²) in [5.74, 6) is 0.437. The average molecular weight is 367 g/mol. The first-order valence-corrected chi connectivity index (χ1v) is 7.17. The number of aromatic nitrogens is 5. The smallest absolute Gasteiger partial charge is 0.191 e. The number of nitrogens with two attached hydrogens (primary N) is 1. The Kier molecular flexibility index (Phi) is 3.65. The first kappa shape index (κ1) is 14.6. The minimum Gasteiger partial charge on any atom is -0.482 e. The van der Waals surface area contributed by atoms with Gasteiger partial charge < -0.3 is 10.5 Å². The van der Waals surface area contributed by atoms with Crippen molar-refractivity contribution < 1.29 is 9.13 Å². The van der Waals surface area contributed by atoms with Crippen LogP contribution >= 0.6 is 15.9 Å². The van der Waals surface area contributed by atoms with Gasteiger partial charge in [0, 0.05) is 13.1 Å². The van der Waals surface area contributed by atoms with E-state index in [2.05, 4.69) is 36.0 Å². The Morgan fingerprint density at radius 3 is 2.82 bits per heavy atom. The van der Waals surface area contributed by atoms with Crippen LogP contribution in [-0.2, 0) is 7.05 Å². The summed E-state index contributed by atoms with van der Waals surface area (Å²) in [6.45, 7) is 1.76. The summed E-state index contributed by atoms with van der Waals surface area (Å²) in [5.41, 5.74) is 6.24. The van der Waals surface area contributed by atoms with Gasteiger partial charge >= 0.3 is 0 Å². The van der Waals surface area contributed by atoms with Gasteiger partial charge in [0.2, 0.25) is 0 Å². The normalized spacial score (nSPS) is 12.5. The van der Waals surface area contributed by atoms with Gasteiger partial charge in [-0.25, -0.2) is 19.3 Å². The molecule has 0 fully saturated rings. The topological polar surface area (TPSA) is 91.7 Å². The zero-order valence-corrected chi connectivity index (χ0v) is 13.4. The quantitative estimate of drug-likeness (QED) is 0.764. The van der Waals surface area contributed by atoms with Gasteiger partial charge in [0.05, 0.1) is 15.4 Å². The highest BCUT2D eigenvalue weighted by atomic mass is 79.9. The van der Waals surface area contributed by atoms with Crippen molar-refractivity contribution in [2.45, 2.75) is 13.0 Å². The van der Waals surface area contributed by atoms with E-state index in [9.17, 15) is 4.39 Å². The summed E-state index contributed by atoms with van der Waals surface area (Å²) in [6.07, 6.45) is 2.35. The van der Waals surface area contributed by atoms with Gasteiger partial charge in [-0.05, 0) is 22.9 Å². The number of hydrogen-bond acceptors (Lipinski definition) is 6. The molecule has 1 atom stereocenters. The number of nitrogen functional groups attached to an aromatic ring is 1. The van der Waals surface area contributed by atoms with Crippen LogP contribution in [0.25, 0.3) is 10.9 Å². The lowest BCUT2D eigenvalue weighted by Gasteiger charge is -2.15. The molecule has 2 N–H and O–H groups in total. The molecule has 0 amide bonds. The second-order valence-electron chi connectivity index (χ2n) is 4.69. The van der Waals surface area contributed by atoms with E-state index in [1.807, 2.05) is 0 Å². The van der Waals surface area contributed by atoms with Crippen molar-refractivity contribution in [3.8, 4) is 5.75 Å². The van der Waals surface area contributed by atoms with Crippen LogP contribution in [0.4, 0.5) is 10.2 Å². The molecular weight excluding hydrogens is 355 g/mol. The molecular formula is C13H12BrFN6O. The number of hydrogen-bond donors (Lipinski definition) is 1. The molecule has 0 aliphatic carbocycles. The zero-order valence-electron chi connectivity index (χ0n) is 11.8. The Hall–Kier alpha value is -2.29. The monoisotopic (exact) mass is 366 g/mol. The van der Waals surface area contributed by atoms with Gasteiger partial charge in [-0.1, -0.05) is 0 Å².